The second kappa shape index (κ2) is 8.66. The van der Waals surface area contributed by atoms with E-state index in [0.29, 0.717) is 5.69 Å². The number of amides is 1. The van der Waals surface area contributed by atoms with Crippen molar-refractivity contribution in [3.05, 3.63) is 84.2 Å². The van der Waals surface area contributed by atoms with E-state index in [0.717, 1.165) is 39.9 Å². The Morgan fingerprint density at radius 3 is 2.53 bits per heavy atom. The molecule has 4 rings (SSSR count). The molecule has 0 atom stereocenters. The van der Waals surface area contributed by atoms with E-state index in [1.165, 1.54) is 12.1 Å². The van der Waals surface area contributed by atoms with Crippen LogP contribution < -0.4 is 10.1 Å². The van der Waals surface area contributed by atoms with Crippen LogP contribution in [0.1, 0.15) is 11.1 Å². The molecule has 4 aromatic rings. The number of benzene rings is 2. The van der Waals surface area contributed by atoms with Crippen LogP contribution in [0, 0.1) is 6.92 Å². The number of carbonyl (C=O) groups is 1. The van der Waals surface area contributed by atoms with Gasteiger partial charge in [0.2, 0.25) is 0 Å². The molecule has 1 N–H and O–H groups in total. The highest BCUT2D eigenvalue weighted by Gasteiger charge is 2.30. The Hall–Kier alpha value is -3.94. The molecule has 32 heavy (non-hydrogen) atoms. The molecule has 0 aliphatic heterocycles. The number of hydrogen-bond acceptors (Lipinski definition) is 4. The number of carbonyl (C=O) groups excluding carboxylic acids is 1. The van der Waals surface area contributed by atoms with Crippen LogP contribution in [0.5, 0.6) is 5.75 Å². The van der Waals surface area contributed by atoms with E-state index in [2.05, 4.69) is 15.3 Å². The molecule has 5 nitrogen and oxygen atoms in total. The lowest BCUT2D eigenvalue weighted by Crippen LogP contribution is -2.20. The summed E-state index contributed by atoms with van der Waals surface area (Å²) < 4.78 is 43.1. The molecular formula is C24H18F3N3O2. The van der Waals surface area contributed by atoms with Gasteiger partial charge < -0.3 is 10.1 Å². The second-order valence-corrected chi connectivity index (χ2v) is 7.16. The lowest BCUT2D eigenvalue weighted by Gasteiger charge is -2.11. The molecule has 0 aliphatic rings. The summed E-state index contributed by atoms with van der Waals surface area (Å²) in [5.41, 5.74) is 3.28. The standard InChI is InChI=1S/C24H18F3N3O2/c1-15-11-22(16-3-2-10-28-13-16)30-21-9-6-18(12-20(15)21)29-23(31)14-32-19-7-4-17(5-8-19)24(25,26)27/h2-13H,14H2,1H3,(H,29,31). The van der Waals surface area contributed by atoms with Gasteiger partial charge in [-0.2, -0.15) is 13.2 Å². The van der Waals surface area contributed by atoms with E-state index in [9.17, 15) is 18.0 Å². The first-order valence-electron chi connectivity index (χ1n) is 9.71. The third kappa shape index (κ3) is 4.85. The SMILES string of the molecule is Cc1cc(-c2cccnc2)nc2ccc(NC(=O)COc3ccc(C(F)(F)F)cc3)cc12. The highest BCUT2D eigenvalue weighted by Crippen LogP contribution is 2.30. The van der Waals surface area contributed by atoms with Gasteiger partial charge in [-0.25, -0.2) is 4.98 Å². The van der Waals surface area contributed by atoms with Gasteiger partial charge in [-0.3, -0.25) is 9.78 Å². The Kier molecular flexibility index (Phi) is 5.77. The lowest BCUT2D eigenvalue weighted by atomic mass is 10.1. The molecule has 8 heteroatoms. The van der Waals surface area contributed by atoms with Crippen molar-refractivity contribution in [1.82, 2.24) is 9.97 Å². The molecule has 0 radical (unpaired) electrons. The van der Waals surface area contributed by atoms with E-state index in [-0.39, 0.29) is 12.4 Å². The zero-order valence-corrected chi connectivity index (χ0v) is 17.0. The average molecular weight is 437 g/mol. The van der Waals surface area contributed by atoms with Gasteiger partial charge in [-0.05, 0) is 73.2 Å². The topological polar surface area (TPSA) is 64.1 Å². The van der Waals surface area contributed by atoms with Crippen LogP contribution in [0.4, 0.5) is 18.9 Å². The van der Waals surface area contributed by atoms with Crippen molar-refractivity contribution in [1.29, 1.82) is 0 Å². The molecule has 162 valence electrons. The van der Waals surface area contributed by atoms with E-state index in [1.54, 1.807) is 18.5 Å². The van der Waals surface area contributed by atoms with Gasteiger partial charge in [0.25, 0.3) is 5.91 Å². The Balaban J connectivity index is 1.43. The number of anilines is 1. The summed E-state index contributed by atoms with van der Waals surface area (Å²) in [7, 11) is 0. The summed E-state index contributed by atoms with van der Waals surface area (Å²) in [5, 5.41) is 3.62. The average Bonchev–Trinajstić information content (AvgIpc) is 2.78. The fourth-order valence-corrected chi connectivity index (χ4v) is 3.22. The van der Waals surface area contributed by atoms with Crippen LogP contribution in [-0.2, 0) is 11.0 Å². The first-order chi connectivity index (χ1) is 15.3. The van der Waals surface area contributed by atoms with Crippen molar-refractivity contribution in [3.8, 4) is 17.0 Å². The van der Waals surface area contributed by atoms with Gasteiger partial charge in [0.15, 0.2) is 6.61 Å². The third-order valence-corrected chi connectivity index (χ3v) is 4.81. The van der Waals surface area contributed by atoms with Crippen LogP contribution in [-0.4, -0.2) is 22.5 Å². The van der Waals surface area contributed by atoms with Gasteiger partial charge in [0.1, 0.15) is 5.75 Å². The minimum absolute atomic E-state index is 0.176. The molecule has 0 spiro atoms. The molecule has 0 saturated carbocycles. The van der Waals surface area contributed by atoms with E-state index >= 15 is 0 Å². The summed E-state index contributed by atoms with van der Waals surface area (Å²) >= 11 is 0. The number of aryl methyl sites for hydroxylation is 1. The zero-order chi connectivity index (χ0) is 22.7. The number of hydrogen-bond donors (Lipinski definition) is 1. The number of nitrogens with one attached hydrogen (secondary N) is 1. The fraction of sp³-hybridized carbons (Fsp3) is 0.125. The zero-order valence-electron chi connectivity index (χ0n) is 17.0. The Bertz CT molecular complexity index is 1260. The number of ether oxygens (including phenoxy) is 1. The fourth-order valence-electron chi connectivity index (χ4n) is 3.22. The van der Waals surface area contributed by atoms with Crippen molar-refractivity contribution in [2.45, 2.75) is 13.1 Å². The first-order valence-corrected chi connectivity index (χ1v) is 9.71. The van der Waals surface area contributed by atoms with Crippen LogP contribution in [0.2, 0.25) is 0 Å². The molecule has 0 fully saturated rings. The number of aromatic nitrogens is 2. The van der Waals surface area contributed by atoms with Crippen LogP contribution >= 0.6 is 0 Å². The number of nitrogens with zero attached hydrogens (tertiary/aromatic N) is 2. The molecule has 0 saturated heterocycles. The van der Waals surface area contributed by atoms with Gasteiger partial charge >= 0.3 is 6.18 Å². The van der Waals surface area contributed by atoms with Crippen molar-refractivity contribution >= 4 is 22.5 Å². The second-order valence-electron chi connectivity index (χ2n) is 7.16. The Morgan fingerprint density at radius 2 is 1.84 bits per heavy atom. The summed E-state index contributed by atoms with van der Waals surface area (Å²) in [6.45, 7) is 1.63. The van der Waals surface area contributed by atoms with Crippen molar-refractivity contribution in [2.24, 2.45) is 0 Å². The summed E-state index contributed by atoms with van der Waals surface area (Å²) in [6.07, 6.45) is -0.968. The smallest absolute Gasteiger partial charge is 0.416 e. The first kappa shape index (κ1) is 21.3. The largest absolute Gasteiger partial charge is 0.484 e. The summed E-state index contributed by atoms with van der Waals surface area (Å²) in [4.78, 5) is 21.0. The molecule has 1 amide bonds. The number of pyridine rings is 2. The van der Waals surface area contributed by atoms with Crippen molar-refractivity contribution < 1.29 is 22.7 Å². The molecule has 0 bridgehead atoms. The van der Waals surface area contributed by atoms with Gasteiger partial charge in [-0.1, -0.05) is 0 Å². The van der Waals surface area contributed by atoms with Crippen LogP contribution in [0.25, 0.3) is 22.2 Å². The molecule has 0 aliphatic carbocycles. The highest BCUT2D eigenvalue weighted by molar-refractivity contribution is 5.95. The monoisotopic (exact) mass is 437 g/mol. The highest BCUT2D eigenvalue weighted by atomic mass is 19.4. The molecule has 2 aromatic carbocycles. The minimum atomic E-state index is -4.42. The molecular weight excluding hydrogens is 419 g/mol. The predicted octanol–water partition coefficient (Wildman–Crippen LogP) is 5.64. The van der Waals surface area contributed by atoms with Gasteiger partial charge in [-0.15, -0.1) is 0 Å². The van der Waals surface area contributed by atoms with Crippen molar-refractivity contribution in [2.75, 3.05) is 11.9 Å². The normalized spacial score (nSPS) is 11.4. The number of rotatable bonds is 5. The van der Waals surface area contributed by atoms with Crippen LogP contribution in [0.15, 0.2) is 73.1 Å². The van der Waals surface area contributed by atoms with Crippen molar-refractivity contribution in [3.63, 3.8) is 0 Å². The maximum atomic E-state index is 12.6. The summed E-state index contributed by atoms with van der Waals surface area (Å²) in [6, 6.07) is 15.3. The predicted molar refractivity (Wildman–Crippen MR) is 115 cm³/mol. The van der Waals surface area contributed by atoms with Gasteiger partial charge in [0.05, 0.1) is 16.8 Å². The van der Waals surface area contributed by atoms with E-state index < -0.39 is 17.6 Å². The maximum absolute atomic E-state index is 12.6. The van der Waals surface area contributed by atoms with E-state index in [4.69, 9.17) is 4.74 Å². The number of halogens is 3. The Morgan fingerprint density at radius 1 is 1.06 bits per heavy atom. The minimum Gasteiger partial charge on any atom is -0.484 e. The van der Waals surface area contributed by atoms with Gasteiger partial charge in [0, 0.05) is 29.0 Å². The third-order valence-electron chi connectivity index (χ3n) is 4.81. The van der Waals surface area contributed by atoms with E-state index in [1.807, 2.05) is 37.3 Å². The number of fused-ring (bicyclic) bond motifs is 1. The Labute approximate surface area is 181 Å². The molecule has 2 heterocycles. The van der Waals surface area contributed by atoms with Crippen LogP contribution in [0.3, 0.4) is 0 Å². The molecule has 2 aromatic heterocycles. The molecule has 0 unspecified atom stereocenters. The lowest BCUT2D eigenvalue weighted by molar-refractivity contribution is -0.137. The maximum Gasteiger partial charge on any atom is 0.416 e. The summed E-state index contributed by atoms with van der Waals surface area (Å²) in [5.74, 6) is -0.253. The quantitative estimate of drug-likeness (QED) is 0.439. The number of alkyl halides is 3.